The van der Waals surface area contributed by atoms with Crippen LogP contribution in [0.4, 0.5) is 9.59 Å². The molecule has 1 aliphatic heterocycles. The predicted molar refractivity (Wildman–Crippen MR) is 75.7 cm³/mol. The summed E-state index contributed by atoms with van der Waals surface area (Å²) in [5, 5.41) is 10.4. The molecular weight excluding hydrogens is 288 g/mol. The van der Waals surface area contributed by atoms with Crippen molar-refractivity contribution in [1.29, 1.82) is 0 Å². The van der Waals surface area contributed by atoms with Crippen LogP contribution in [0.3, 0.4) is 0 Å². The van der Waals surface area contributed by atoms with Crippen LogP contribution in [0.25, 0.3) is 0 Å². The number of carbonyl (C=O) groups excluding carboxylic acids is 3. The van der Waals surface area contributed by atoms with Gasteiger partial charge in [0.1, 0.15) is 11.3 Å². The van der Waals surface area contributed by atoms with Gasteiger partial charge in [0.2, 0.25) is 0 Å². The van der Waals surface area contributed by atoms with Crippen LogP contribution in [-0.4, -0.2) is 30.1 Å². The average Bonchev–Trinajstić information content (AvgIpc) is 3.18. The van der Waals surface area contributed by atoms with Gasteiger partial charge in [-0.2, -0.15) is 0 Å². The summed E-state index contributed by atoms with van der Waals surface area (Å²) in [4.78, 5) is 35.2. The number of hydrogen-bond donors (Lipinski definition) is 4. The van der Waals surface area contributed by atoms with Gasteiger partial charge in [-0.05, 0) is 25.0 Å². The molecular formula is C14H18N4O4. The van der Waals surface area contributed by atoms with Gasteiger partial charge in [-0.3, -0.25) is 10.1 Å². The molecule has 0 aromatic carbocycles. The molecule has 4 N–H and O–H groups in total. The van der Waals surface area contributed by atoms with E-state index in [9.17, 15) is 14.4 Å². The normalized spacial score (nSPS) is 26.8. The van der Waals surface area contributed by atoms with Crippen LogP contribution in [0.15, 0.2) is 22.8 Å². The van der Waals surface area contributed by atoms with E-state index in [1.165, 1.54) is 0 Å². The summed E-state index contributed by atoms with van der Waals surface area (Å²) in [5.74, 6) is 0.265. The highest BCUT2D eigenvalue weighted by molar-refractivity contribution is 6.07. The maximum atomic E-state index is 12.0. The summed E-state index contributed by atoms with van der Waals surface area (Å²) < 4.78 is 5.12. The lowest BCUT2D eigenvalue weighted by Crippen LogP contribution is -2.53. The molecule has 5 amide bonds. The molecule has 0 unspecified atom stereocenters. The van der Waals surface area contributed by atoms with E-state index in [1.807, 2.05) is 0 Å². The third kappa shape index (κ3) is 2.63. The first-order valence-corrected chi connectivity index (χ1v) is 7.28. The Kier molecular flexibility index (Phi) is 3.74. The molecule has 1 saturated carbocycles. The maximum absolute atomic E-state index is 12.0. The lowest BCUT2D eigenvalue weighted by molar-refractivity contribution is -0.125. The Bertz CT molecular complexity index is 586. The zero-order valence-electron chi connectivity index (χ0n) is 12.0. The number of furan rings is 1. The topological polar surface area (TPSA) is 112 Å². The first-order chi connectivity index (χ1) is 10.6. The molecule has 22 heavy (non-hydrogen) atoms. The highest BCUT2D eigenvalue weighted by Crippen LogP contribution is 2.37. The molecule has 0 bridgehead atoms. The van der Waals surface area contributed by atoms with Gasteiger partial charge in [-0.15, -0.1) is 0 Å². The number of hydrogen-bond acceptors (Lipinski definition) is 4. The molecule has 8 heteroatoms. The minimum Gasteiger partial charge on any atom is -0.467 e. The first kappa shape index (κ1) is 14.4. The van der Waals surface area contributed by atoms with Gasteiger partial charge in [0.25, 0.3) is 5.91 Å². The Labute approximate surface area is 127 Å². The van der Waals surface area contributed by atoms with E-state index in [2.05, 4.69) is 21.3 Å². The van der Waals surface area contributed by atoms with Crippen molar-refractivity contribution < 1.29 is 18.8 Å². The third-order valence-corrected chi connectivity index (χ3v) is 4.30. The fourth-order valence-corrected chi connectivity index (χ4v) is 3.18. The second-order valence-corrected chi connectivity index (χ2v) is 5.61. The Morgan fingerprint density at radius 2 is 2.27 bits per heavy atom. The molecule has 1 aliphatic carbocycles. The Morgan fingerprint density at radius 1 is 1.41 bits per heavy atom. The smallest absolute Gasteiger partial charge is 0.322 e. The average molecular weight is 306 g/mol. The zero-order chi connectivity index (χ0) is 15.6. The monoisotopic (exact) mass is 306 g/mol. The SMILES string of the molecule is O=C(NCc1ccco1)NC[C@H]1CCC[C@]12NC(=O)NC2=O. The summed E-state index contributed by atoms with van der Waals surface area (Å²) in [6.45, 7) is 0.629. The summed E-state index contributed by atoms with van der Waals surface area (Å²) in [5.41, 5.74) is -0.870. The summed E-state index contributed by atoms with van der Waals surface area (Å²) in [7, 11) is 0. The molecule has 1 saturated heterocycles. The lowest BCUT2D eigenvalue weighted by Gasteiger charge is -2.28. The second kappa shape index (κ2) is 5.70. The zero-order valence-corrected chi connectivity index (χ0v) is 12.0. The second-order valence-electron chi connectivity index (χ2n) is 5.61. The number of amides is 5. The van der Waals surface area contributed by atoms with Crippen LogP contribution < -0.4 is 21.3 Å². The van der Waals surface area contributed by atoms with Gasteiger partial charge in [0, 0.05) is 12.5 Å². The van der Waals surface area contributed by atoms with Crippen LogP contribution in [0, 0.1) is 5.92 Å². The van der Waals surface area contributed by atoms with E-state index < -0.39 is 11.6 Å². The molecule has 2 atom stereocenters. The van der Waals surface area contributed by atoms with Crippen molar-refractivity contribution in [2.75, 3.05) is 6.54 Å². The number of imide groups is 1. The summed E-state index contributed by atoms with van der Waals surface area (Å²) >= 11 is 0. The van der Waals surface area contributed by atoms with Crippen molar-refractivity contribution in [2.24, 2.45) is 5.92 Å². The van der Waals surface area contributed by atoms with E-state index in [4.69, 9.17) is 4.42 Å². The molecule has 1 aromatic heterocycles. The Morgan fingerprint density at radius 3 is 2.95 bits per heavy atom. The van der Waals surface area contributed by atoms with Crippen molar-refractivity contribution in [3.05, 3.63) is 24.2 Å². The molecule has 8 nitrogen and oxygen atoms in total. The van der Waals surface area contributed by atoms with Crippen molar-refractivity contribution in [3.8, 4) is 0 Å². The van der Waals surface area contributed by atoms with Gasteiger partial charge < -0.3 is 20.4 Å². The standard InChI is InChI=1S/C14H18N4O4/c19-11-14(18-13(21)17-11)5-1-3-9(14)7-15-12(20)16-8-10-4-2-6-22-10/h2,4,6,9H,1,3,5,7-8H2,(H2,15,16,20)(H2,17,18,19,21)/t9-,14+/m1/s1. The summed E-state index contributed by atoms with van der Waals surface area (Å²) in [6, 6.07) is 2.73. The number of carbonyl (C=O) groups is 3. The van der Waals surface area contributed by atoms with E-state index in [1.54, 1.807) is 18.4 Å². The molecule has 3 rings (SSSR count). The third-order valence-electron chi connectivity index (χ3n) is 4.30. The van der Waals surface area contributed by atoms with Crippen LogP contribution in [0.2, 0.25) is 0 Å². The number of rotatable bonds is 4. The summed E-state index contributed by atoms with van der Waals surface area (Å²) in [6.07, 6.45) is 3.77. The van der Waals surface area contributed by atoms with Crippen molar-refractivity contribution in [3.63, 3.8) is 0 Å². The first-order valence-electron chi connectivity index (χ1n) is 7.28. The molecule has 0 radical (unpaired) electrons. The molecule has 2 fully saturated rings. The fourth-order valence-electron chi connectivity index (χ4n) is 3.18. The highest BCUT2D eigenvalue weighted by atomic mass is 16.3. The van der Waals surface area contributed by atoms with Crippen molar-refractivity contribution >= 4 is 18.0 Å². The molecule has 118 valence electrons. The Hall–Kier alpha value is -2.51. The molecule has 2 aliphatic rings. The minimum atomic E-state index is -0.870. The molecule has 2 heterocycles. The van der Waals surface area contributed by atoms with Crippen LogP contribution in [0.1, 0.15) is 25.0 Å². The lowest BCUT2D eigenvalue weighted by atomic mass is 9.87. The predicted octanol–water partition coefficient (Wildman–Crippen LogP) is 0.457. The van der Waals surface area contributed by atoms with Gasteiger partial charge >= 0.3 is 12.1 Å². The molecule has 1 spiro atoms. The van der Waals surface area contributed by atoms with Gasteiger partial charge in [0.15, 0.2) is 0 Å². The minimum absolute atomic E-state index is 0.103. The van der Waals surface area contributed by atoms with E-state index in [0.29, 0.717) is 25.3 Å². The van der Waals surface area contributed by atoms with Crippen LogP contribution in [-0.2, 0) is 11.3 Å². The Balaban J connectivity index is 1.51. The highest BCUT2D eigenvalue weighted by Gasteiger charge is 2.54. The number of urea groups is 2. The van der Waals surface area contributed by atoms with E-state index in [-0.39, 0.29) is 17.9 Å². The van der Waals surface area contributed by atoms with Gasteiger partial charge in [0.05, 0.1) is 12.8 Å². The molecule has 1 aromatic rings. The quantitative estimate of drug-likeness (QED) is 0.605. The van der Waals surface area contributed by atoms with Crippen LogP contribution in [0.5, 0.6) is 0 Å². The van der Waals surface area contributed by atoms with Crippen molar-refractivity contribution in [1.82, 2.24) is 21.3 Å². The van der Waals surface area contributed by atoms with Crippen LogP contribution >= 0.6 is 0 Å². The maximum Gasteiger partial charge on any atom is 0.322 e. The van der Waals surface area contributed by atoms with E-state index >= 15 is 0 Å². The van der Waals surface area contributed by atoms with E-state index in [0.717, 1.165) is 12.8 Å². The van der Waals surface area contributed by atoms with Crippen molar-refractivity contribution in [2.45, 2.75) is 31.3 Å². The fraction of sp³-hybridized carbons (Fsp3) is 0.500. The largest absolute Gasteiger partial charge is 0.467 e. The van der Waals surface area contributed by atoms with Gasteiger partial charge in [-0.1, -0.05) is 6.42 Å². The number of nitrogens with one attached hydrogen (secondary N) is 4. The van der Waals surface area contributed by atoms with Gasteiger partial charge in [-0.25, -0.2) is 9.59 Å².